The molecule has 2 heterocycles. The summed E-state index contributed by atoms with van der Waals surface area (Å²) in [7, 11) is 0. The second-order valence-corrected chi connectivity index (χ2v) is 6.14. The number of fused-ring (bicyclic) bond motifs is 1. The minimum absolute atomic E-state index is 0.202. The first kappa shape index (κ1) is 15.6. The van der Waals surface area contributed by atoms with Crippen molar-refractivity contribution in [1.82, 2.24) is 15.5 Å². The quantitative estimate of drug-likeness (QED) is 0.791. The number of hydrogen-bond acceptors (Lipinski definition) is 4. The molecule has 0 bridgehead atoms. The van der Waals surface area contributed by atoms with Crippen LogP contribution in [0, 0.1) is 5.92 Å². The van der Waals surface area contributed by atoms with Crippen molar-refractivity contribution in [2.75, 3.05) is 18.5 Å². The molecule has 2 aromatic rings. The molecule has 0 fully saturated rings. The average Bonchev–Trinajstić information content (AvgIpc) is 2.97. The molecule has 1 aliphatic rings. The summed E-state index contributed by atoms with van der Waals surface area (Å²) in [6.45, 7) is 6.42. The molecule has 0 aliphatic carbocycles. The van der Waals surface area contributed by atoms with Gasteiger partial charge in [0.25, 0.3) is 5.91 Å². The first-order valence-electron chi connectivity index (χ1n) is 7.94. The molecule has 1 aliphatic heterocycles. The molecule has 0 saturated carbocycles. The van der Waals surface area contributed by atoms with Gasteiger partial charge in [-0.2, -0.15) is 5.10 Å². The van der Waals surface area contributed by atoms with E-state index in [4.69, 9.17) is 4.74 Å². The Balaban J connectivity index is 1.70. The van der Waals surface area contributed by atoms with E-state index < -0.39 is 0 Å². The molecule has 3 rings (SSSR count). The molecule has 1 amide bonds. The van der Waals surface area contributed by atoms with Gasteiger partial charge in [-0.1, -0.05) is 19.9 Å². The van der Waals surface area contributed by atoms with Gasteiger partial charge >= 0.3 is 0 Å². The molecule has 122 valence electrons. The van der Waals surface area contributed by atoms with Crippen LogP contribution in [0.25, 0.3) is 0 Å². The topological polar surface area (TPSA) is 79.0 Å². The van der Waals surface area contributed by atoms with Crippen LogP contribution in [0.2, 0.25) is 0 Å². The lowest BCUT2D eigenvalue weighted by molar-refractivity contribution is 0.102. The van der Waals surface area contributed by atoms with Crippen LogP contribution in [-0.4, -0.2) is 29.3 Å². The lowest BCUT2D eigenvalue weighted by atomic mass is 10.1. The molecule has 6 nitrogen and oxygen atoms in total. The second-order valence-electron chi connectivity index (χ2n) is 6.14. The number of rotatable bonds is 5. The predicted octanol–water partition coefficient (Wildman–Crippen LogP) is 2.34. The number of hydrogen-bond donors (Lipinski definition) is 3. The van der Waals surface area contributed by atoms with Gasteiger partial charge in [-0.05, 0) is 18.1 Å². The van der Waals surface area contributed by atoms with Gasteiger partial charge in [-0.15, -0.1) is 0 Å². The monoisotopic (exact) mass is 314 g/mol. The van der Waals surface area contributed by atoms with E-state index in [2.05, 4.69) is 34.7 Å². The molecule has 0 saturated heterocycles. The third-order valence-electron chi connectivity index (χ3n) is 3.70. The second kappa shape index (κ2) is 6.83. The van der Waals surface area contributed by atoms with Crippen LogP contribution in [0.15, 0.2) is 24.3 Å². The summed E-state index contributed by atoms with van der Waals surface area (Å²) >= 11 is 0. The van der Waals surface area contributed by atoms with E-state index in [0.29, 0.717) is 30.5 Å². The maximum absolute atomic E-state index is 12.5. The summed E-state index contributed by atoms with van der Waals surface area (Å²) in [4.78, 5) is 12.5. The predicted molar refractivity (Wildman–Crippen MR) is 88.7 cm³/mol. The molecule has 0 unspecified atom stereocenters. The van der Waals surface area contributed by atoms with E-state index in [-0.39, 0.29) is 5.91 Å². The number of anilines is 1. The van der Waals surface area contributed by atoms with Crippen LogP contribution >= 0.6 is 0 Å². The lowest BCUT2D eigenvalue weighted by Gasteiger charge is -2.13. The first-order valence-corrected chi connectivity index (χ1v) is 7.94. The molecule has 1 aromatic carbocycles. The number of carbonyl (C=O) groups excluding carboxylic acids is 1. The van der Waals surface area contributed by atoms with Gasteiger partial charge in [-0.3, -0.25) is 9.89 Å². The first-order chi connectivity index (χ1) is 11.1. The zero-order valence-electron chi connectivity index (χ0n) is 13.5. The number of aromatic amines is 1. The number of ether oxygens (including phenoxy) is 1. The van der Waals surface area contributed by atoms with Crippen molar-refractivity contribution in [3.63, 3.8) is 0 Å². The number of nitrogens with one attached hydrogen (secondary N) is 3. The third kappa shape index (κ3) is 3.71. The van der Waals surface area contributed by atoms with Crippen LogP contribution in [0.3, 0.4) is 0 Å². The fourth-order valence-electron chi connectivity index (χ4n) is 2.53. The Morgan fingerprint density at radius 1 is 1.43 bits per heavy atom. The van der Waals surface area contributed by atoms with Gasteiger partial charge in [-0.25, -0.2) is 0 Å². The van der Waals surface area contributed by atoms with E-state index >= 15 is 0 Å². The van der Waals surface area contributed by atoms with Gasteiger partial charge in [0.1, 0.15) is 5.75 Å². The van der Waals surface area contributed by atoms with E-state index in [1.54, 1.807) is 0 Å². The fraction of sp³-hybridized carbons (Fsp3) is 0.412. The van der Waals surface area contributed by atoms with Crippen LogP contribution in [0.5, 0.6) is 5.75 Å². The Kier molecular flexibility index (Phi) is 4.62. The normalized spacial score (nSPS) is 13.7. The Labute approximate surface area is 135 Å². The van der Waals surface area contributed by atoms with Crippen molar-refractivity contribution in [1.29, 1.82) is 0 Å². The van der Waals surface area contributed by atoms with E-state index in [9.17, 15) is 4.79 Å². The van der Waals surface area contributed by atoms with Gasteiger partial charge in [0, 0.05) is 42.5 Å². The third-order valence-corrected chi connectivity index (χ3v) is 3.70. The van der Waals surface area contributed by atoms with Gasteiger partial charge in [0.15, 0.2) is 5.69 Å². The van der Waals surface area contributed by atoms with Crippen molar-refractivity contribution >= 4 is 11.6 Å². The van der Waals surface area contributed by atoms with Gasteiger partial charge < -0.3 is 15.4 Å². The number of nitrogens with zero attached hydrogens (tertiary/aromatic N) is 1. The smallest absolute Gasteiger partial charge is 0.276 e. The highest BCUT2D eigenvalue weighted by Gasteiger charge is 2.21. The Morgan fingerprint density at radius 2 is 2.30 bits per heavy atom. The highest BCUT2D eigenvalue weighted by Crippen LogP contribution is 2.20. The van der Waals surface area contributed by atoms with Crippen molar-refractivity contribution in [2.24, 2.45) is 5.92 Å². The Bertz CT molecular complexity index is 694. The molecular formula is C17H22N4O2. The molecule has 0 atom stereocenters. The lowest BCUT2D eigenvalue weighted by Crippen LogP contribution is -2.25. The molecule has 0 spiro atoms. The maximum Gasteiger partial charge on any atom is 0.276 e. The standard InChI is InChI=1S/C17H22N4O2/c1-11(2)10-23-13-5-3-4-12(8-13)19-17(22)16-14-9-18-7-6-15(14)20-21-16/h3-5,8,11,18H,6-7,9-10H2,1-2H3,(H,19,22)(H,20,21). The Hall–Kier alpha value is -2.34. The number of carbonyl (C=O) groups is 1. The molecular weight excluding hydrogens is 292 g/mol. The Morgan fingerprint density at radius 3 is 3.13 bits per heavy atom. The maximum atomic E-state index is 12.5. The zero-order valence-corrected chi connectivity index (χ0v) is 13.5. The number of amides is 1. The summed E-state index contributed by atoms with van der Waals surface area (Å²) in [6, 6.07) is 7.43. The fourth-order valence-corrected chi connectivity index (χ4v) is 2.53. The van der Waals surface area contributed by atoms with Gasteiger partial charge in [0.05, 0.1) is 6.61 Å². The minimum Gasteiger partial charge on any atom is -0.493 e. The summed E-state index contributed by atoms with van der Waals surface area (Å²) in [6.07, 6.45) is 0.869. The molecule has 3 N–H and O–H groups in total. The molecule has 6 heteroatoms. The van der Waals surface area contributed by atoms with Crippen molar-refractivity contribution in [3.8, 4) is 5.75 Å². The van der Waals surface area contributed by atoms with Gasteiger partial charge in [0.2, 0.25) is 0 Å². The van der Waals surface area contributed by atoms with E-state index in [0.717, 1.165) is 30.0 Å². The average molecular weight is 314 g/mol. The highest BCUT2D eigenvalue weighted by atomic mass is 16.5. The number of aromatic nitrogens is 2. The zero-order chi connectivity index (χ0) is 16.2. The van der Waals surface area contributed by atoms with Crippen molar-refractivity contribution < 1.29 is 9.53 Å². The summed E-state index contributed by atoms with van der Waals surface area (Å²) in [5.74, 6) is 1.01. The van der Waals surface area contributed by atoms with Crippen LogP contribution < -0.4 is 15.4 Å². The van der Waals surface area contributed by atoms with Crippen molar-refractivity contribution in [3.05, 3.63) is 41.2 Å². The van der Waals surface area contributed by atoms with Crippen LogP contribution in [0.1, 0.15) is 35.6 Å². The largest absolute Gasteiger partial charge is 0.493 e. The molecule has 23 heavy (non-hydrogen) atoms. The molecule has 0 radical (unpaired) electrons. The SMILES string of the molecule is CC(C)COc1cccc(NC(=O)c2n[nH]c3c2CNCC3)c1. The van der Waals surface area contributed by atoms with Crippen molar-refractivity contribution in [2.45, 2.75) is 26.8 Å². The molecule has 1 aromatic heterocycles. The van der Waals surface area contributed by atoms with E-state index in [1.807, 2.05) is 24.3 Å². The summed E-state index contributed by atoms with van der Waals surface area (Å²) in [5.41, 5.74) is 3.17. The summed E-state index contributed by atoms with van der Waals surface area (Å²) < 4.78 is 5.69. The summed E-state index contributed by atoms with van der Waals surface area (Å²) in [5, 5.41) is 13.3. The highest BCUT2D eigenvalue weighted by molar-refractivity contribution is 6.04. The van der Waals surface area contributed by atoms with E-state index in [1.165, 1.54) is 0 Å². The number of benzene rings is 1. The van der Waals surface area contributed by atoms with Crippen LogP contribution in [0.4, 0.5) is 5.69 Å². The minimum atomic E-state index is -0.202. The number of H-pyrrole nitrogens is 1. The van der Waals surface area contributed by atoms with Crippen LogP contribution in [-0.2, 0) is 13.0 Å².